The monoisotopic (exact) mass is 218 g/mol. The fourth-order valence-corrected chi connectivity index (χ4v) is 0.647. The highest BCUT2D eigenvalue weighted by atomic mass is 14.8. The Morgan fingerprint density at radius 2 is 1.41 bits per heavy atom. The molecular formula is C10N7-. The number of nitrogens with zero attached hydrogens (tertiary/aromatic N) is 7. The van der Waals surface area contributed by atoms with Crippen LogP contribution in [0.25, 0.3) is 5.41 Å². The molecule has 0 aliphatic rings. The quantitative estimate of drug-likeness (QED) is 0.486. The van der Waals surface area contributed by atoms with Crippen LogP contribution in [-0.2, 0) is 0 Å². The smallest absolute Gasteiger partial charge is 0.170 e. The standard InChI is InChI=1S/C10N7/c11-1-7(2-12)9(5-15)17-10(6-16)8(3-13)4-14/q-1. The average molecular weight is 218 g/mol. The van der Waals surface area contributed by atoms with E-state index >= 15 is 0 Å². The Labute approximate surface area is 96.2 Å². The summed E-state index contributed by atoms with van der Waals surface area (Å²) in [5, 5.41) is 51.2. The van der Waals surface area contributed by atoms with Crippen molar-refractivity contribution in [2.45, 2.75) is 0 Å². The van der Waals surface area contributed by atoms with Crippen molar-refractivity contribution in [3.8, 4) is 30.3 Å². The van der Waals surface area contributed by atoms with Gasteiger partial charge in [0.15, 0.2) is 17.0 Å². The second-order valence-corrected chi connectivity index (χ2v) is 2.23. The van der Waals surface area contributed by atoms with Crippen LogP contribution >= 0.6 is 0 Å². The molecule has 7 nitrogen and oxygen atoms in total. The lowest BCUT2D eigenvalue weighted by Crippen LogP contribution is -1.99. The summed E-state index contributed by atoms with van der Waals surface area (Å²) in [6, 6.07) is 7.11. The normalized spacial score (nSPS) is 8.06. The molecule has 0 aliphatic carbocycles. The minimum atomic E-state index is -0.616. The van der Waals surface area contributed by atoms with E-state index in [1.54, 1.807) is 0 Å². The molecular weight excluding hydrogens is 218 g/mol. The van der Waals surface area contributed by atoms with Gasteiger partial charge in [0.2, 0.25) is 0 Å². The number of hydrogen-bond acceptors (Lipinski definition) is 6. The van der Waals surface area contributed by atoms with Gasteiger partial charge < -0.3 is 5.41 Å². The van der Waals surface area contributed by atoms with E-state index in [9.17, 15) is 0 Å². The molecule has 7 heteroatoms. The molecule has 0 unspecified atom stereocenters. The molecule has 0 aliphatic heterocycles. The number of allylic oxidation sites excluding steroid dienone is 3. The Balaban J connectivity index is 6.00. The molecule has 0 atom stereocenters. The molecule has 0 radical (unpaired) electrons. The molecule has 0 fully saturated rings. The van der Waals surface area contributed by atoms with Crippen LogP contribution in [0.5, 0.6) is 0 Å². The fraction of sp³-hybridized carbons (Fsp3) is 0. The summed E-state index contributed by atoms with van der Waals surface area (Å²) in [4.78, 5) is 3.34. The van der Waals surface area contributed by atoms with Crippen LogP contribution in [0.3, 0.4) is 0 Å². The molecule has 0 N–H and O–H groups in total. The summed E-state index contributed by atoms with van der Waals surface area (Å²) < 4.78 is 0. The molecule has 0 heterocycles. The summed E-state index contributed by atoms with van der Waals surface area (Å²) in [5.74, 6) is 1.41. The Bertz CT molecular complexity index is 636. The Morgan fingerprint density at radius 1 is 0.824 bits per heavy atom. The number of rotatable bonds is 2. The van der Waals surface area contributed by atoms with Crippen LogP contribution in [0.1, 0.15) is 0 Å². The third-order valence-corrected chi connectivity index (χ3v) is 1.36. The molecule has 0 saturated heterocycles. The second-order valence-electron chi connectivity index (χ2n) is 2.23. The highest BCUT2D eigenvalue weighted by Crippen LogP contribution is 2.06. The summed E-state index contributed by atoms with van der Waals surface area (Å²) in [5.41, 5.74) is -2.44. The zero-order chi connectivity index (χ0) is 13.3. The highest BCUT2D eigenvalue weighted by molar-refractivity contribution is 6.19. The van der Waals surface area contributed by atoms with Gasteiger partial charge in [-0.3, -0.25) is 0 Å². The van der Waals surface area contributed by atoms with Crippen molar-refractivity contribution >= 4 is 11.6 Å². The van der Waals surface area contributed by atoms with Crippen LogP contribution < -0.4 is 0 Å². The van der Waals surface area contributed by atoms with E-state index in [2.05, 4.69) is 4.99 Å². The highest BCUT2D eigenvalue weighted by Gasteiger charge is 2.09. The molecule has 0 amide bonds. The van der Waals surface area contributed by atoms with Gasteiger partial charge in [-0.2, -0.15) is 26.3 Å². The van der Waals surface area contributed by atoms with Crippen molar-refractivity contribution in [1.82, 2.24) is 0 Å². The topological polar surface area (TPSA) is 154 Å². The first-order valence-electron chi connectivity index (χ1n) is 3.79. The van der Waals surface area contributed by atoms with E-state index in [0.717, 1.165) is 0 Å². The first-order valence-corrected chi connectivity index (χ1v) is 3.79. The van der Waals surface area contributed by atoms with Gasteiger partial charge in [-0.1, -0.05) is 0 Å². The second kappa shape index (κ2) is 6.72. The summed E-state index contributed by atoms with van der Waals surface area (Å²) in [6.45, 7) is 0. The van der Waals surface area contributed by atoms with E-state index in [-0.39, 0.29) is 0 Å². The Kier molecular flexibility index (Phi) is 5.26. The molecule has 0 aromatic carbocycles. The Morgan fingerprint density at radius 3 is 1.71 bits per heavy atom. The van der Waals surface area contributed by atoms with Gasteiger partial charge in [0.25, 0.3) is 0 Å². The molecule has 0 aromatic rings. The first kappa shape index (κ1) is 13.3. The van der Waals surface area contributed by atoms with E-state index in [4.69, 9.17) is 31.7 Å². The molecule has 76 valence electrons. The van der Waals surface area contributed by atoms with Gasteiger partial charge in [-0.25, -0.2) is 10.9 Å². The van der Waals surface area contributed by atoms with E-state index in [1.807, 2.05) is 0 Å². The summed E-state index contributed by atoms with van der Waals surface area (Å²) >= 11 is 0. The first-order chi connectivity index (χ1) is 8.18. The minimum absolute atomic E-state index is 0.601. The number of aliphatic imine (C=N–C) groups is 1. The van der Waals surface area contributed by atoms with Crippen LogP contribution in [0.2, 0.25) is 0 Å². The van der Waals surface area contributed by atoms with Crippen molar-refractivity contribution in [1.29, 1.82) is 26.3 Å². The van der Waals surface area contributed by atoms with Crippen molar-refractivity contribution in [3.05, 3.63) is 22.3 Å². The SMILES string of the molecule is N#CC(=C=[N-])C(C#N)=NC(C#N)=C(C#N)C#N. The molecule has 17 heavy (non-hydrogen) atoms. The molecule has 0 bridgehead atoms. The molecule has 0 saturated carbocycles. The van der Waals surface area contributed by atoms with Crippen LogP contribution in [0.4, 0.5) is 0 Å². The molecule has 0 spiro atoms. The summed E-state index contributed by atoms with van der Waals surface area (Å²) in [7, 11) is 0. The Hall–Kier alpha value is -3.69. The van der Waals surface area contributed by atoms with Crippen LogP contribution in [0, 0.1) is 56.7 Å². The molecule has 0 aromatic heterocycles. The van der Waals surface area contributed by atoms with Crippen molar-refractivity contribution in [3.63, 3.8) is 0 Å². The minimum Gasteiger partial charge on any atom is -0.762 e. The lowest BCUT2D eigenvalue weighted by molar-refractivity contribution is 1.33. The lowest BCUT2D eigenvalue weighted by Gasteiger charge is -1.93. The zero-order valence-electron chi connectivity index (χ0n) is 8.13. The maximum absolute atomic E-state index is 8.63. The van der Waals surface area contributed by atoms with Crippen molar-refractivity contribution in [2.75, 3.05) is 0 Å². The third kappa shape index (κ3) is 3.17. The number of hydrogen-bond donors (Lipinski definition) is 0. The van der Waals surface area contributed by atoms with Crippen LogP contribution in [0.15, 0.2) is 21.8 Å². The van der Waals surface area contributed by atoms with Gasteiger partial charge in [0.05, 0.1) is 0 Å². The maximum Gasteiger partial charge on any atom is 0.170 e. The fourth-order valence-electron chi connectivity index (χ4n) is 0.647. The van der Waals surface area contributed by atoms with Crippen molar-refractivity contribution < 1.29 is 0 Å². The van der Waals surface area contributed by atoms with E-state index in [0.29, 0.717) is 0 Å². The van der Waals surface area contributed by atoms with E-state index < -0.39 is 22.6 Å². The average Bonchev–Trinajstić information content (AvgIpc) is 2.37. The van der Waals surface area contributed by atoms with Gasteiger partial charge in [-0.15, -0.1) is 0 Å². The van der Waals surface area contributed by atoms with Crippen molar-refractivity contribution in [2.24, 2.45) is 4.99 Å². The molecule has 0 rings (SSSR count). The largest absolute Gasteiger partial charge is 0.762 e. The maximum atomic E-state index is 8.63. The predicted molar refractivity (Wildman–Crippen MR) is 54.4 cm³/mol. The predicted octanol–water partition coefficient (Wildman–Crippen LogP) is 0.465. The van der Waals surface area contributed by atoms with Gasteiger partial charge in [-0.05, 0) is 0 Å². The number of nitriles is 5. The van der Waals surface area contributed by atoms with Gasteiger partial charge in [0, 0.05) is 0 Å². The van der Waals surface area contributed by atoms with Gasteiger partial charge >= 0.3 is 0 Å². The van der Waals surface area contributed by atoms with E-state index in [1.165, 1.54) is 36.2 Å². The lowest BCUT2D eigenvalue weighted by atomic mass is 10.2. The van der Waals surface area contributed by atoms with Crippen LogP contribution in [-0.4, -0.2) is 11.6 Å². The van der Waals surface area contributed by atoms with Gasteiger partial charge in [0.1, 0.15) is 35.9 Å². The zero-order valence-corrected chi connectivity index (χ0v) is 8.13. The summed E-state index contributed by atoms with van der Waals surface area (Å²) in [6.07, 6.45) is 0. The third-order valence-electron chi connectivity index (χ3n) is 1.36.